The number of nitrogens with zero attached hydrogens (tertiary/aromatic N) is 4. The van der Waals surface area contributed by atoms with E-state index in [2.05, 4.69) is 56.7 Å². The van der Waals surface area contributed by atoms with Gasteiger partial charge in [-0.05, 0) is 62.4 Å². The van der Waals surface area contributed by atoms with Crippen molar-refractivity contribution < 1.29 is 9.53 Å². The molecule has 0 radical (unpaired) electrons. The predicted octanol–water partition coefficient (Wildman–Crippen LogP) is 3.99. The van der Waals surface area contributed by atoms with Gasteiger partial charge in [0.15, 0.2) is 5.82 Å². The van der Waals surface area contributed by atoms with Crippen LogP contribution in [0.4, 0.5) is 28.8 Å². The Hall–Kier alpha value is -3.68. The highest BCUT2D eigenvalue weighted by molar-refractivity contribution is 5.89. The van der Waals surface area contributed by atoms with Crippen molar-refractivity contribution in [1.82, 2.24) is 15.2 Å². The van der Waals surface area contributed by atoms with Crippen molar-refractivity contribution >= 4 is 34.8 Å². The van der Waals surface area contributed by atoms with E-state index in [0.717, 1.165) is 24.5 Å². The number of rotatable bonds is 8. The summed E-state index contributed by atoms with van der Waals surface area (Å²) in [5.41, 5.74) is 3.30. The fraction of sp³-hybridized carbons (Fsp3) is 0.238. The molecule has 0 amide bonds. The van der Waals surface area contributed by atoms with Crippen LogP contribution in [0.1, 0.15) is 24.2 Å². The zero-order valence-corrected chi connectivity index (χ0v) is 16.7. The fourth-order valence-electron chi connectivity index (χ4n) is 2.85. The predicted molar refractivity (Wildman–Crippen MR) is 114 cm³/mol. The molecule has 2 N–H and O–H groups in total. The zero-order chi connectivity index (χ0) is 20.6. The van der Waals surface area contributed by atoms with Crippen LogP contribution in [0.3, 0.4) is 0 Å². The fourth-order valence-corrected chi connectivity index (χ4v) is 2.85. The second-order valence-corrected chi connectivity index (χ2v) is 6.20. The molecular weight excluding hydrogens is 368 g/mol. The summed E-state index contributed by atoms with van der Waals surface area (Å²) in [7, 11) is 1.35. The van der Waals surface area contributed by atoms with Crippen LogP contribution in [-0.2, 0) is 4.74 Å². The van der Waals surface area contributed by atoms with E-state index in [4.69, 9.17) is 4.74 Å². The number of ether oxygens (including phenoxy) is 1. The Morgan fingerprint density at radius 1 is 0.966 bits per heavy atom. The summed E-state index contributed by atoms with van der Waals surface area (Å²) in [6.45, 7) is 6.21. The van der Waals surface area contributed by atoms with Gasteiger partial charge < -0.3 is 20.3 Å². The molecule has 2 aromatic carbocycles. The van der Waals surface area contributed by atoms with Crippen LogP contribution < -0.4 is 15.5 Å². The Morgan fingerprint density at radius 3 is 2.21 bits per heavy atom. The molecule has 8 heteroatoms. The molecule has 0 fully saturated rings. The standard InChI is InChI=1S/C21H24N6O2/c1-4-27(5-2)18-12-10-16(11-13-18)23-19-14-22-26-21(25-19)24-17-8-6-15(7-9-17)20(28)29-3/h6-14H,4-5H2,1-3H3,(H2,23,24,25,26). The highest BCUT2D eigenvalue weighted by atomic mass is 16.5. The maximum Gasteiger partial charge on any atom is 0.337 e. The number of carbonyl (C=O) groups is 1. The minimum absolute atomic E-state index is 0.348. The average molecular weight is 392 g/mol. The second kappa shape index (κ2) is 9.50. The maximum atomic E-state index is 11.5. The third kappa shape index (κ3) is 5.19. The van der Waals surface area contributed by atoms with Crippen LogP contribution in [0, 0.1) is 0 Å². The van der Waals surface area contributed by atoms with E-state index in [0.29, 0.717) is 17.3 Å². The summed E-state index contributed by atoms with van der Waals surface area (Å²) >= 11 is 0. The lowest BCUT2D eigenvalue weighted by Crippen LogP contribution is -2.21. The normalized spacial score (nSPS) is 10.3. The Balaban J connectivity index is 1.67. The monoisotopic (exact) mass is 392 g/mol. The quantitative estimate of drug-likeness (QED) is 0.556. The third-order valence-electron chi connectivity index (χ3n) is 4.39. The first-order valence-corrected chi connectivity index (χ1v) is 9.40. The Kier molecular flexibility index (Phi) is 6.57. The minimum Gasteiger partial charge on any atom is -0.465 e. The van der Waals surface area contributed by atoms with E-state index >= 15 is 0 Å². The van der Waals surface area contributed by atoms with E-state index in [-0.39, 0.29) is 5.97 Å². The van der Waals surface area contributed by atoms with E-state index in [1.54, 1.807) is 30.5 Å². The van der Waals surface area contributed by atoms with Crippen molar-refractivity contribution in [3.8, 4) is 0 Å². The molecule has 0 bridgehead atoms. The number of benzene rings is 2. The molecule has 1 heterocycles. The van der Waals surface area contributed by atoms with E-state index in [1.165, 1.54) is 12.8 Å². The lowest BCUT2D eigenvalue weighted by Gasteiger charge is -2.21. The number of hydrogen-bond acceptors (Lipinski definition) is 8. The molecule has 0 atom stereocenters. The van der Waals surface area contributed by atoms with Crippen molar-refractivity contribution in [1.29, 1.82) is 0 Å². The first-order chi connectivity index (χ1) is 14.1. The molecule has 150 valence electrons. The smallest absolute Gasteiger partial charge is 0.337 e. The van der Waals surface area contributed by atoms with E-state index < -0.39 is 0 Å². The van der Waals surface area contributed by atoms with Crippen LogP contribution in [-0.4, -0.2) is 41.3 Å². The second-order valence-electron chi connectivity index (χ2n) is 6.20. The van der Waals surface area contributed by atoms with Gasteiger partial charge in [0.1, 0.15) is 0 Å². The average Bonchev–Trinajstić information content (AvgIpc) is 2.76. The maximum absolute atomic E-state index is 11.5. The summed E-state index contributed by atoms with van der Waals surface area (Å²) in [6, 6.07) is 15.0. The largest absolute Gasteiger partial charge is 0.465 e. The van der Waals surface area contributed by atoms with Gasteiger partial charge in [0.05, 0.1) is 18.9 Å². The van der Waals surface area contributed by atoms with Crippen LogP contribution >= 0.6 is 0 Å². The summed E-state index contributed by atoms with van der Waals surface area (Å²) < 4.78 is 4.69. The van der Waals surface area contributed by atoms with Gasteiger partial charge in [-0.25, -0.2) is 4.79 Å². The lowest BCUT2D eigenvalue weighted by atomic mass is 10.2. The van der Waals surface area contributed by atoms with Gasteiger partial charge >= 0.3 is 5.97 Å². The van der Waals surface area contributed by atoms with Crippen molar-refractivity contribution in [3.05, 3.63) is 60.3 Å². The molecule has 0 aliphatic rings. The van der Waals surface area contributed by atoms with E-state index in [9.17, 15) is 4.79 Å². The molecule has 3 aromatic rings. The number of nitrogens with one attached hydrogen (secondary N) is 2. The molecule has 0 saturated carbocycles. The van der Waals surface area contributed by atoms with Crippen LogP contribution in [0.5, 0.6) is 0 Å². The van der Waals surface area contributed by atoms with Gasteiger partial charge in [-0.2, -0.15) is 10.1 Å². The zero-order valence-electron chi connectivity index (χ0n) is 16.7. The summed E-state index contributed by atoms with van der Waals surface area (Å²) in [5.74, 6) is 0.539. The Bertz CT molecular complexity index is 940. The first-order valence-electron chi connectivity index (χ1n) is 9.40. The molecule has 0 aliphatic heterocycles. The molecular formula is C21H24N6O2. The SMILES string of the molecule is CCN(CC)c1ccc(Nc2cnnc(Nc3ccc(C(=O)OC)cc3)n2)cc1. The number of hydrogen-bond donors (Lipinski definition) is 2. The number of anilines is 5. The van der Waals surface area contributed by atoms with Crippen molar-refractivity contribution in [2.75, 3.05) is 35.7 Å². The number of methoxy groups -OCH3 is 1. The number of esters is 1. The molecule has 0 unspecified atom stereocenters. The van der Waals surface area contributed by atoms with E-state index in [1.807, 2.05) is 12.1 Å². The van der Waals surface area contributed by atoms with Gasteiger partial charge in [-0.15, -0.1) is 5.10 Å². The van der Waals surface area contributed by atoms with Crippen molar-refractivity contribution in [2.24, 2.45) is 0 Å². The summed E-state index contributed by atoms with van der Waals surface area (Å²) in [4.78, 5) is 18.2. The molecule has 3 rings (SSSR count). The first kappa shape index (κ1) is 20.1. The van der Waals surface area contributed by atoms with Gasteiger partial charge in [0.25, 0.3) is 0 Å². The molecule has 0 spiro atoms. The molecule has 29 heavy (non-hydrogen) atoms. The summed E-state index contributed by atoms with van der Waals surface area (Å²) in [5, 5.41) is 14.3. The highest BCUT2D eigenvalue weighted by Gasteiger charge is 2.07. The highest BCUT2D eigenvalue weighted by Crippen LogP contribution is 2.21. The van der Waals surface area contributed by atoms with Gasteiger partial charge in [-0.3, -0.25) is 0 Å². The third-order valence-corrected chi connectivity index (χ3v) is 4.39. The minimum atomic E-state index is -0.382. The van der Waals surface area contributed by atoms with Gasteiger partial charge in [0, 0.05) is 30.2 Å². The number of carbonyl (C=O) groups excluding carboxylic acids is 1. The molecule has 0 aliphatic carbocycles. The molecule has 1 aromatic heterocycles. The van der Waals surface area contributed by atoms with Crippen molar-refractivity contribution in [3.63, 3.8) is 0 Å². The Labute approximate surface area is 169 Å². The van der Waals surface area contributed by atoms with Crippen molar-refractivity contribution in [2.45, 2.75) is 13.8 Å². The van der Waals surface area contributed by atoms with Gasteiger partial charge in [0.2, 0.25) is 5.95 Å². The lowest BCUT2D eigenvalue weighted by molar-refractivity contribution is 0.0601. The molecule has 0 saturated heterocycles. The number of aromatic nitrogens is 3. The van der Waals surface area contributed by atoms with Gasteiger partial charge in [-0.1, -0.05) is 0 Å². The summed E-state index contributed by atoms with van der Waals surface area (Å²) in [6.07, 6.45) is 1.56. The molecule has 8 nitrogen and oxygen atoms in total. The van der Waals surface area contributed by atoms with Crippen LogP contribution in [0.25, 0.3) is 0 Å². The van der Waals surface area contributed by atoms with Crippen LogP contribution in [0.15, 0.2) is 54.7 Å². The topological polar surface area (TPSA) is 92.3 Å². The van der Waals surface area contributed by atoms with Crippen LogP contribution in [0.2, 0.25) is 0 Å². The Morgan fingerprint density at radius 2 is 1.59 bits per heavy atom.